The van der Waals surface area contributed by atoms with Crippen LogP contribution in [-0.2, 0) is 4.74 Å². The van der Waals surface area contributed by atoms with E-state index >= 15 is 0 Å². The van der Waals surface area contributed by atoms with Gasteiger partial charge in [-0.3, -0.25) is 0 Å². The molecule has 0 saturated carbocycles. The SMILES string of the molecule is Cc1ccc([C@@H](C)NCC2CCC=CO2)cc1. The number of aryl methyl sites for hydroxylation is 1. The molecule has 1 heterocycles. The molecule has 0 saturated heterocycles. The van der Waals surface area contributed by atoms with Gasteiger partial charge in [0.2, 0.25) is 0 Å². The molecule has 0 amide bonds. The molecule has 17 heavy (non-hydrogen) atoms. The van der Waals surface area contributed by atoms with E-state index in [1.54, 1.807) is 0 Å². The van der Waals surface area contributed by atoms with Crippen molar-refractivity contribution in [2.45, 2.75) is 38.8 Å². The highest BCUT2D eigenvalue weighted by atomic mass is 16.5. The summed E-state index contributed by atoms with van der Waals surface area (Å²) >= 11 is 0. The number of allylic oxidation sites excluding steroid dienone is 1. The third-order valence-corrected chi connectivity index (χ3v) is 3.25. The third-order valence-electron chi connectivity index (χ3n) is 3.25. The van der Waals surface area contributed by atoms with Gasteiger partial charge in [-0.2, -0.15) is 0 Å². The van der Waals surface area contributed by atoms with Crippen molar-refractivity contribution in [1.82, 2.24) is 5.32 Å². The Balaban J connectivity index is 1.82. The van der Waals surface area contributed by atoms with Crippen LogP contribution in [0.2, 0.25) is 0 Å². The van der Waals surface area contributed by atoms with E-state index in [1.165, 1.54) is 11.1 Å². The summed E-state index contributed by atoms with van der Waals surface area (Å²) in [4.78, 5) is 0. The maximum absolute atomic E-state index is 5.54. The monoisotopic (exact) mass is 231 g/mol. The average Bonchev–Trinajstić information content (AvgIpc) is 2.38. The van der Waals surface area contributed by atoms with E-state index in [9.17, 15) is 0 Å². The fourth-order valence-corrected chi connectivity index (χ4v) is 2.02. The Kier molecular flexibility index (Phi) is 4.21. The van der Waals surface area contributed by atoms with Gasteiger partial charge in [-0.15, -0.1) is 0 Å². The zero-order chi connectivity index (χ0) is 12.1. The molecule has 1 unspecified atom stereocenters. The Morgan fingerprint density at radius 3 is 2.76 bits per heavy atom. The second-order valence-corrected chi connectivity index (χ2v) is 4.75. The van der Waals surface area contributed by atoms with Gasteiger partial charge >= 0.3 is 0 Å². The zero-order valence-electron chi connectivity index (χ0n) is 10.6. The van der Waals surface area contributed by atoms with E-state index in [1.807, 2.05) is 6.26 Å². The molecular weight excluding hydrogens is 210 g/mol. The Morgan fingerprint density at radius 1 is 1.35 bits per heavy atom. The lowest BCUT2D eigenvalue weighted by atomic mass is 10.1. The maximum Gasteiger partial charge on any atom is 0.110 e. The topological polar surface area (TPSA) is 21.3 Å². The molecule has 2 heteroatoms. The summed E-state index contributed by atoms with van der Waals surface area (Å²) in [5.74, 6) is 0. The van der Waals surface area contributed by atoms with Crippen molar-refractivity contribution in [1.29, 1.82) is 0 Å². The lowest BCUT2D eigenvalue weighted by Gasteiger charge is -2.22. The first-order valence-corrected chi connectivity index (χ1v) is 6.36. The predicted octanol–water partition coefficient (Wildman–Crippen LogP) is 3.34. The highest BCUT2D eigenvalue weighted by Crippen LogP contribution is 2.15. The van der Waals surface area contributed by atoms with Crippen molar-refractivity contribution >= 4 is 0 Å². The van der Waals surface area contributed by atoms with Crippen molar-refractivity contribution in [3.05, 3.63) is 47.7 Å². The van der Waals surface area contributed by atoms with Crippen LogP contribution in [0.4, 0.5) is 0 Å². The van der Waals surface area contributed by atoms with Gasteiger partial charge in [-0.25, -0.2) is 0 Å². The van der Waals surface area contributed by atoms with Crippen LogP contribution in [0.1, 0.15) is 36.9 Å². The van der Waals surface area contributed by atoms with Gasteiger partial charge in [0.1, 0.15) is 6.10 Å². The normalized spacial score (nSPS) is 20.9. The molecule has 0 aromatic heterocycles. The predicted molar refractivity (Wildman–Crippen MR) is 70.8 cm³/mol. The molecule has 1 aromatic rings. The molecule has 0 fully saturated rings. The molecule has 1 aromatic carbocycles. The molecule has 92 valence electrons. The number of nitrogens with one attached hydrogen (secondary N) is 1. The van der Waals surface area contributed by atoms with Crippen molar-refractivity contribution in [3.8, 4) is 0 Å². The lowest BCUT2D eigenvalue weighted by Crippen LogP contribution is -2.31. The molecular formula is C15H21NO. The number of hydrogen-bond acceptors (Lipinski definition) is 2. The van der Waals surface area contributed by atoms with Crippen LogP contribution in [0.5, 0.6) is 0 Å². The molecule has 0 bridgehead atoms. The number of benzene rings is 1. The van der Waals surface area contributed by atoms with E-state index in [4.69, 9.17) is 4.74 Å². The van der Waals surface area contributed by atoms with Gasteiger partial charge in [0.25, 0.3) is 0 Å². The van der Waals surface area contributed by atoms with Crippen molar-refractivity contribution in [2.24, 2.45) is 0 Å². The van der Waals surface area contributed by atoms with Gasteiger partial charge in [0.15, 0.2) is 0 Å². The van der Waals surface area contributed by atoms with Crippen LogP contribution < -0.4 is 5.32 Å². The Hall–Kier alpha value is -1.28. The second-order valence-electron chi connectivity index (χ2n) is 4.75. The van der Waals surface area contributed by atoms with Crippen LogP contribution in [0.25, 0.3) is 0 Å². The van der Waals surface area contributed by atoms with E-state index < -0.39 is 0 Å². The van der Waals surface area contributed by atoms with Crippen LogP contribution in [-0.4, -0.2) is 12.6 Å². The summed E-state index contributed by atoms with van der Waals surface area (Å²) < 4.78 is 5.54. The van der Waals surface area contributed by atoms with Crippen LogP contribution in [0.15, 0.2) is 36.6 Å². The molecule has 1 aliphatic rings. The number of ether oxygens (including phenoxy) is 1. The first-order chi connectivity index (χ1) is 8.25. The van der Waals surface area contributed by atoms with Crippen molar-refractivity contribution in [3.63, 3.8) is 0 Å². The quantitative estimate of drug-likeness (QED) is 0.858. The molecule has 2 atom stereocenters. The summed E-state index contributed by atoms with van der Waals surface area (Å²) in [6.07, 6.45) is 6.48. The standard InChI is InChI=1S/C15H21NO/c1-12-6-8-14(9-7-12)13(2)16-11-15-5-3-4-10-17-15/h4,6-10,13,15-16H,3,5,11H2,1-2H3/t13-,15?/m1/s1. The number of rotatable bonds is 4. The Labute approximate surface area is 104 Å². The minimum atomic E-state index is 0.327. The van der Waals surface area contributed by atoms with E-state index in [2.05, 4.69) is 49.5 Å². The maximum atomic E-state index is 5.54. The first-order valence-electron chi connectivity index (χ1n) is 6.36. The molecule has 1 aliphatic heterocycles. The van der Waals surface area contributed by atoms with Crippen LogP contribution >= 0.6 is 0 Å². The highest BCUT2D eigenvalue weighted by Gasteiger charge is 2.12. The van der Waals surface area contributed by atoms with Gasteiger partial charge in [-0.05, 0) is 38.3 Å². The molecule has 2 rings (SSSR count). The fourth-order valence-electron chi connectivity index (χ4n) is 2.02. The minimum absolute atomic E-state index is 0.327. The van der Waals surface area contributed by atoms with Gasteiger partial charge in [0, 0.05) is 12.6 Å². The van der Waals surface area contributed by atoms with E-state index in [0.717, 1.165) is 19.4 Å². The minimum Gasteiger partial charge on any atom is -0.497 e. The summed E-state index contributed by atoms with van der Waals surface area (Å²) in [5, 5.41) is 3.53. The van der Waals surface area contributed by atoms with Gasteiger partial charge in [0.05, 0.1) is 6.26 Å². The highest BCUT2D eigenvalue weighted by molar-refractivity contribution is 5.23. The third kappa shape index (κ3) is 3.60. The summed E-state index contributed by atoms with van der Waals surface area (Å²) in [5.41, 5.74) is 2.64. The summed E-state index contributed by atoms with van der Waals surface area (Å²) in [7, 11) is 0. The van der Waals surface area contributed by atoms with Gasteiger partial charge < -0.3 is 10.1 Å². The fraction of sp³-hybridized carbons (Fsp3) is 0.467. The van der Waals surface area contributed by atoms with Crippen LogP contribution in [0.3, 0.4) is 0 Å². The zero-order valence-corrected chi connectivity index (χ0v) is 10.6. The Bertz CT molecular complexity index is 369. The van der Waals surface area contributed by atoms with Crippen molar-refractivity contribution in [2.75, 3.05) is 6.54 Å². The summed E-state index contributed by atoms with van der Waals surface area (Å²) in [6, 6.07) is 9.08. The van der Waals surface area contributed by atoms with Crippen molar-refractivity contribution < 1.29 is 4.74 Å². The van der Waals surface area contributed by atoms with Gasteiger partial charge in [-0.1, -0.05) is 29.8 Å². The largest absolute Gasteiger partial charge is 0.497 e. The molecule has 0 aliphatic carbocycles. The summed E-state index contributed by atoms with van der Waals surface area (Å²) in [6.45, 7) is 5.23. The Morgan fingerprint density at radius 2 is 2.12 bits per heavy atom. The molecule has 0 spiro atoms. The first kappa shape index (κ1) is 12.2. The molecule has 0 radical (unpaired) electrons. The lowest BCUT2D eigenvalue weighted by molar-refractivity contribution is 0.120. The number of hydrogen-bond donors (Lipinski definition) is 1. The molecule has 1 N–H and O–H groups in total. The van der Waals surface area contributed by atoms with E-state index in [0.29, 0.717) is 12.1 Å². The van der Waals surface area contributed by atoms with E-state index in [-0.39, 0.29) is 0 Å². The van der Waals surface area contributed by atoms with Crippen LogP contribution in [0, 0.1) is 6.92 Å². The average molecular weight is 231 g/mol. The second kappa shape index (κ2) is 5.87. The smallest absolute Gasteiger partial charge is 0.110 e. The molecule has 2 nitrogen and oxygen atoms in total.